The minimum absolute atomic E-state index is 0.154. The van der Waals surface area contributed by atoms with Gasteiger partial charge in [0.1, 0.15) is 17.7 Å². The minimum atomic E-state index is -0.154. The second-order valence-electron chi connectivity index (χ2n) is 7.08. The topological polar surface area (TPSA) is 48.7 Å². The number of anilines is 2. The van der Waals surface area contributed by atoms with E-state index in [2.05, 4.69) is 49.7 Å². The molecule has 0 spiro atoms. The predicted molar refractivity (Wildman–Crippen MR) is 101 cm³/mol. The quantitative estimate of drug-likeness (QED) is 0.826. The first kappa shape index (κ1) is 17.5. The number of hydrogen-bond acceptors (Lipinski definition) is 5. The second kappa shape index (κ2) is 6.92. The summed E-state index contributed by atoms with van der Waals surface area (Å²) in [5.41, 5.74) is 0.984. The fourth-order valence-corrected chi connectivity index (χ4v) is 3.88. The van der Waals surface area contributed by atoms with Crippen LogP contribution in [0.3, 0.4) is 0 Å². The standard InChI is InChI=1S/C17H29ClN6/c1-6-24-15-13(20-17(23(15)5)22(4)11(2)3)14(21-16(24)18)19-12-9-7-8-10-12/h11-12,14,19H,6-10H2,1-5H3. The van der Waals surface area contributed by atoms with Crippen LogP contribution in [0.4, 0.5) is 11.8 Å². The molecule has 1 N–H and O–H groups in total. The largest absolute Gasteiger partial charge is 0.343 e. The molecule has 2 heterocycles. The summed E-state index contributed by atoms with van der Waals surface area (Å²) >= 11 is 6.50. The number of halogens is 1. The maximum atomic E-state index is 6.50. The van der Waals surface area contributed by atoms with Crippen LogP contribution in [0.5, 0.6) is 0 Å². The number of imidazole rings is 1. The van der Waals surface area contributed by atoms with Gasteiger partial charge in [-0.05, 0) is 45.2 Å². The number of nitrogens with zero attached hydrogens (tertiary/aromatic N) is 5. The number of aromatic nitrogens is 2. The van der Waals surface area contributed by atoms with Crippen molar-refractivity contribution in [3.05, 3.63) is 5.69 Å². The van der Waals surface area contributed by atoms with Gasteiger partial charge in [-0.1, -0.05) is 12.8 Å². The molecule has 0 radical (unpaired) electrons. The molecular weight excluding hydrogens is 324 g/mol. The van der Waals surface area contributed by atoms with Crippen molar-refractivity contribution in [1.29, 1.82) is 0 Å². The maximum absolute atomic E-state index is 6.50. The average molecular weight is 353 g/mol. The molecule has 1 fully saturated rings. The lowest BCUT2D eigenvalue weighted by Crippen LogP contribution is -2.38. The first-order valence-electron chi connectivity index (χ1n) is 9.00. The molecule has 1 aliphatic heterocycles. The fraction of sp³-hybridized carbons (Fsp3) is 0.765. The third-order valence-corrected chi connectivity index (χ3v) is 5.50. The van der Waals surface area contributed by atoms with E-state index in [0.717, 1.165) is 24.0 Å². The highest BCUT2D eigenvalue weighted by molar-refractivity contribution is 6.68. The number of nitrogens with one attached hydrogen (secondary N) is 1. The lowest BCUT2D eigenvalue weighted by molar-refractivity contribution is 0.442. The molecule has 1 unspecified atom stereocenters. The summed E-state index contributed by atoms with van der Waals surface area (Å²) in [5.74, 6) is 2.00. The maximum Gasteiger partial charge on any atom is 0.207 e. The molecular formula is C17H29ClN6. The Hall–Kier alpha value is -1.27. The molecule has 0 amide bonds. The summed E-state index contributed by atoms with van der Waals surface area (Å²) in [6.07, 6.45) is 4.85. The van der Waals surface area contributed by atoms with Crippen LogP contribution in [-0.4, -0.2) is 40.5 Å². The molecule has 1 atom stereocenters. The summed E-state index contributed by atoms with van der Waals surface area (Å²) < 4.78 is 2.14. The molecule has 7 heteroatoms. The molecule has 24 heavy (non-hydrogen) atoms. The first-order chi connectivity index (χ1) is 11.4. The monoisotopic (exact) mass is 352 g/mol. The summed E-state index contributed by atoms with van der Waals surface area (Å²) in [6, 6.07) is 0.887. The van der Waals surface area contributed by atoms with Gasteiger partial charge in [0.05, 0.1) is 0 Å². The van der Waals surface area contributed by atoms with Gasteiger partial charge in [-0.3, -0.25) is 9.88 Å². The van der Waals surface area contributed by atoms with Crippen molar-refractivity contribution in [3.8, 4) is 0 Å². The van der Waals surface area contributed by atoms with Crippen LogP contribution >= 0.6 is 11.6 Å². The molecule has 1 aromatic heterocycles. The van der Waals surface area contributed by atoms with Gasteiger partial charge >= 0.3 is 0 Å². The van der Waals surface area contributed by atoms with Gasteiger partial charge in [0.25, 0.3) is 0 Å². The van der Waals surface area contributed by atoms with Crippen molar-refractivity contribution in [2.45, 2.75) is 64.7 Å². The highest BCUT2D eigenvalue weighted by atomic mass is 35.5. The minimum Gasteiger partial charge on any atom is -0.343 e. The highest BCUT2D eigenvalue weighted by Crippen LogP contribution is 2.37. The van der Waals surface area contributed by atoms with Gasteiger partial charge in [0.2, 0.25) is 11.2 Å². The van der Waals surface area contributed by atoms with E-state index in [4.69, 9.17) is 21.6 Å². The zero-order chi connectivity index (χ0) is 17.4. The molecule has 6 nitrogen and oxygen atoms in total. The summed E-state index contributed by atoms with van der Waals surface area (Å²) in [5, 5.41) is 4.21. The normalized spacial score (nSPS) is 21.4. The zero-order valence-electron chi connectivity index (χ0n) is 15.4. The fourth-order valence-electron chi connectivity index (χ4n) is 3.59. The van der Waals surface area contributed by atoms with Crippen molar-refractivity contribution in [2.75, 3.05) is 23.4 Å². The number of fused-ring (bicyclic) bond motifs is 1. The Morgan fingerprint density at radius 1 is 1.33 bits per heavy atom. The van der Waals surface area contributed by atoms with Crippen LogP contribution < -0.4 is 15.1 Å². The van der Waals surface area contributed by atoms with Crippen molar-refractivity contribution >= 4 is 28.7 Å². The summed E-state index contributed by atoms with van der Waals surface area (Å²) in [4.78, 5) is 13.9. The Morgan fingerprint density at radius 3 is 2.58 bits per heavy atom. The van der Waals surface area contributed by atoms with Crippen LogP contribution in [0.25, 0.3) is 0 Å². The highest BCUT2D eigenvalue weighted by Gasteiger charge is 2.34. The van der Waals surface area contributed by atoms with Gasteiger partial charge in [-0.25, -0.2) is 9.98 Å². The molecule has 1 aliphatic carbocycles. The van der Waals surface area contributed by atoms with E-state index in [-0.39, 0.29) is 6.17 Å². The van der Waals surface area contributed by atoms with E-state index in [1.807, 2.05) is 4.90 Å². The van der Waals surface area contributed by atoms with Crippen LogP contribution in [0.1, 0.15) is 58.3 Å². The lowest BCUT2D eigenvalue weighted by atomic mass is 10.2. The average Bonchev–Trinajstić information content (AvgIpc) is 3.16. The van der Waals surface area contributed by atoms with Crippen molar-refractivity contribution in [1.82, 2.24) is 14.9 Å². The smallest absolute Gasteiger partial charge is 0.207 e. The van der Waals surface area contributed by atoms with E-state index in [9.17, 15) is 0 Å². The van der Waals surface area contributed by atoms with E-state index in [1.165, 1.54) is 25.7 Å². The number of hydrogen-bond donors (Lipinski definition) is 1. The van der Waals surface area contributed by atoms with Crippen LogP contribution in [-0.2, 0) is 7.05 Å². The van der Waals surface area contributed by atoms with Gasteiger partial charge in [0, 0.05) is 32.7 Å². The van der Waals surface area contributed by atoms with Crippen molar-refractivity contribution in [3.63, 3.8) is 0 Å². The second-order valence-corrected chi connectivity index (χ2v) is 7.42. The van der Waals surface area contributed by atoms with Crippen molar-refractivity contribution in [2.24, 2.45) is 12.0 Å². The van der Waals surface area contributed by atoms with E-state index in [0.29, 0.717) is 17.4 Å². The number of amidine groups is 1. The molecule has 134 valence electrons. The van der Waals surface area contributed by atoms with Crippen LogP contribution in [0.2, 0.25) is 0 Å². The SMILES string of the molecule is CCN1C(Cl)=NC(NC2CCCC2)c2nc(N(C)C(C)C)n(C)c21. The van der Waals surface area contributed by atoms with Gasteiger partial charge in [-0.2, -0.15) is 0 Å². The third-order valence-electron chi connectivity index (χ3n) is 5.20. The Bertz CT molecular complexity index is 617. The number of rotatable bonds is 5. The van der Waals surface area contributed by atoms with Gasteiger partial charge in [-0.15, -0.1) is 0 Å². The van der Waals surface area contributed by atoms with Gasteiger partial charge < -0.3 is 9.80 Å². The van der Waals surface area contributed by atoms with Gasteiger partial charge in [0.15, 0.2) is 0 Å². The van der Waals surface area contributed by atoms with E-state index < -0.39 is 0 Å². The van der Waals surface area contributed by atoms with E-state index in [1.54, 1.807) is 0 Å². The molecule has 1 saturated carbocycles. The van der Waals surface area contributed by atoms with Crippen LogP contribution in [0.15, 0.2) is 4.99 Å². The van der Waals surface area contributed by atoms with Crippen LogP contribution in [0, 0.1) is 0 Å². The summed E-state index contributed by atoms with van der Waals surface area (Å²) in [7, 11) is 4.14. The zero-order valence-corrected chi connectivity index (χ0v) is 16.1. The Labute approximate surface area is 149 Å². The van der Waals surface area contributed by atoms with Crippen molar-refractivity contribution < 1.29 is 0 Å². The first-order valence-corrected chi connectivity index (χ1v) is 9.38. The predicted octanol–water partition coefficient (Wildman–Crippen LogP) is 3.23. The third kappa shape index (κ3) is 3.02. The van der Waals surface area contributed by atoms with E-state index >= 15 is 0 Å². The molecule has 2 aliphatic rings. The molecule has 1 aromatic rings. The molecule has 0 aromatic carbocycles. The lowest BCUT2D eigenvalue weighted by Gasteiger charge is -2.30. The molecule has 0 bridgehead atoms. The number of aliphatic imine (C=N–C) groups is 1. The Kier molecular flexibility index (Phi) is 5.06. The Morgan fingerprint density at radius 2 is 2.00 bits per heavy atom. The summed E-state index contributed by atoms with van der Waals surface area (Å²) in [6.45, 7) is 7.20. The molecule has 0 saturated heterocycles. The molecule has 3 rings (SSSR count). The Balaban J connectivity index is 2.00.